The van der Waals surface area contributed by atoms with Crippen molar-refractivity contribution in [2.45, 2.75) is 99.3 Å². The Bertz CT molecular complexity index is 1290. The summed E-state index contributed by atoms with van der Waals surface area (Å²) < 4.78 is 5.14. The van der Waals surface area contributed by atoms with Crippen molar-refractivity contribution < 1.29 is 34.1 Å². The van der Waals surface area contributed by atoms with Gasteiger partial charge in [0.15, 0.2) is 11.6 Å². The van der Waals surface area contributed by atoms with Crippen LogP contribution in [0.15, 0.2) is 36.4 Å². The number of rotatable bonds is 12. The molecule has 0 aliphatic heterocycles. The number of aliphatic carboxylic acids is 1. The maximum atomic E-state index is 12.7. The van der Waals surface area contributed by atoms with Gasteiger partial charge in [0.25, 0.3) is 0 Å². The molecule has 0 radical (unpaired) electrons. The van der Waals surface area contributed by atoms with Crippen LogP contribution in [0, 0.1) is 23.2 Å². The van der Waals surface area contributed by atoms with Crippen LogP contribution >= 0.6 is 0 Å². The SMILES string of the molecule is CCC(Cc1cccc2c1CC(CC)(CC)C2=O)C(=O)O.CCOC(=O)C(CC)Cc1cccc2c1CC(CC)C2=O.CO. The molecule has 2 aliphatic carbocycles. The van der Waals surface area contributed by atoms with Gasteiger partial charge in [-0.15, -0.1) is 0 Å². The number of hydrogen-bond acceptors (Lipinski definition) is 6. The van der Waals surface area contributed by atoms with E-state index in [0.29, 0.717) is 25.9 Å². The van der Waals surface area contributed by atoms with Crippen molar-refractivity contribution in [2.75, 3.05) is 13.7 Å². The first-order valence-electron chi connectivity index (χ1n) is 16.3. The monoisotopic (exact) mass is 608 g/mol. The predicted molar refractivity (Wildman–Crippen MR) is 173 cm³/mol. The second-order valence-electron chi connectivity index (χ2n) is 11.8. The van der Waals surface area contributed by atoms with Crippen LogP contribution in [0.1, 0.15) is 117 Å². The molecule has 0 saturated carbocycles. The molecule has 7 nitrogen and oxygen atoms in total. The average molecular weight is 609 g/mol. The van der Waals surface area contributed by atoms with Crippen LogP contribution in [0.4, 0.5) is 0 Å². The van der Waals surface area contributed by atoms with E-state index >= 15 is 0 Å². The Balaban J connectivity index is 0.000000291. The van der Waals surface area contributed by atoms with E-state index in [0.717, 1.165) is 79.0 Å². The zero-order valence-electron chi connectivity index (χ0n) is 27.7. The molecule has 2 N–H and O–H groups in total. The number of benzene rings is 2. The summed E-state index contributed by atoms with van der Waals surface area (Å²) in [5.41, 5.74) is 5.82. The summed E-state index contributed by atoms with van der Waals surface area (Å²) in [6, 6.07) is 11.7. The van der Waals surface area contributed by atoms with Crippen LogP contribution in [0.25, 0.3) is 0 Å². The molecular weight excluding hydrogens is 556 g/mol. The summed E-state index contributed by atoms with van der Waals surface area (Å²) >= 11 is 0. The maximum Gasteiger partial charge on any atom is 0.309 e. The lowest BCUT2D eigenvalue weighted by Gasteiger charge is -2.23. The van der Waals surface area contributed by atoms with Crippen molar-refractivity contribution >= 4 is 23.5 Å². The van der Waals surface area contributed by atoms with Gasteiger partial charge in [-0.25, -0.2) is 0 Å². The molecule has 7 heteroatoms. The smallest absolute Gasteiger partial charge is 0.309 e. The molecule has 4 rings (SSSR count). The third kappa shape index (κ3) is 8.03. The van der Waals surface area contributed by atoms with Gasteiger partial charge >= 0.3 is 11.9 Å². The quantitative estimate of drug-likeness (QED) is 0.247. The summed E-state index contributed by atoms with van der Waals surface area (Å²) in [5, 5.41) is 16.3. The number of aliphatic hydroxyl groups excluding tert-OH is 1. The largest absolute Gasteiger partial charge is 0.481 e. The fourth-order valence-corrected chi connectivity index (χ4v) is 6.55. The Morgan fingerprint density at radius 3 is 1.89 bits per heavy atom. The van der Waals surface area contributed by atoms with E-state index < -0.39 is 5.97 Å². The highest BCUT2D eigenvalue weighted by atomic mass is 16.5. The zero-order chi connectivity index (χ0) is 33.0. The van der Waals surface area contributed by atoms with Crippen LogP contribution in [0.2, 0.25) is 0 Å². The Morgan fingerprint density at radius 1 is 0.841 bits per heavy atom. The van der Waals surface area contributed by atoms with E-state index in [1.165, 1.54) is 0 Å². The van der Waals surface area contributed by atoms with Crippen LogP contribution in [0.5, 0.6) is 0 Å². The van der Waals surface area contributed by atoms with Crippen LogP contribution in [0.3, 0.4) is 0 Å². The zero-order valence-corrected chi connectivity index (χ0v) is 27.7. The Morgan fingerprint density at radius 2 is 1.39 bits per heavy atom. The van der Waals surface area contributed by atoms with Crippen molar-refractivity contribution in [3.63, 3.8) is 0 Å². The summed E-state index contributed by atoms with van der Waals surface area (Å²) in [4.78, 5) is 48.2. The van der Waals surface area contributed by atoms with Crippen molar-refractivity contribution in [1.29, 1.82) is 0 Å². The third-order valence-electron chi connectivity index (χ3n) is 9.61. The minimum atomic E-state index is -0.753. The highest BCUT2D eigenvalue weighted by Gasteiger charge is 2.43. The molecule has 0 saturated heterocycles. The van der Waals surface area contributed by atoms with E-state index in [1.54, 1.807) is 0 Å². The first-order chi connectivity index (χ1) is 21.1. The molecular formula is C37H52O7. The Hall–Kier alpha value is -3.32. The molecule has 0 fully saturated rings. The molecule has 2 aliphatic rings. The predicted octanol–water partition coefficient (Wildman–Crippen LogP) is 7.08. The number of carboxylic acids is 1. The molecule has 3 atom stereocenters. The Labute approximate surface area is 263 Å². The van der Waals surface area contributed by atoms with Gasteiger partial charge in [0.2, 0.25) is 0 Å². The fraction of sp³-hybridized carbons (Fsp3) is 0.568. The van der Waals surface area contributed by atoms with Gasteiger partial charge in [-0.3, -0.25) is 19.2 Å². The topological polar surface area (TPSA) is 118 Å². The highest BCUT2D eigenvalue weighted by Crippen LogP contribution is 2.43. The summed E-state index contributed by atoms with van der Waals surface area (Å²) in [7, 11) is 1.00. The normalized spacial score (nSPS) is 17.3. The highest BCUT2D eigenvalue weighted by molar-refractivity contribution is 6.05. The molecule has 0 heterocycles. The van der Waals surface area contributed by atoms with E-state index in [4.69, 9.17) is 9.84 Å². The molecule has 2 aromatic carbocycles. The Kier molecular flexibility index (Phi) is 14.4. The second-order valence-corrected chi connectivity index (χ2v) is 11.8. The number of aliphatic hydroxyl groups is 1. The third-order valence-corrected chi connectivity index (χ3v) is 9.61. The lowest BCUT2D eigenvalue weighted by Crippen LogP contribution is -2.26. The lowest BCUT2D eigenvalue weighted by atomic mass is 9.78. The minimum absolute atomic E-state index is 0.115. The standard InChI is InChI=1S/2C18H24O3.CH4O/c1-4-12-11-16-14(8-7-9-15(16)17(12)19)10-13(5-2)18(20)21-6-3;1-4-12(17(20)21)10-13-8-7-9-14-15(13)11-18(5-2,6-3)16(14)19;1-2/h7-9,12-13H,4-6,10-11H2,1-3H3;7-9,12H,4-6,10-11H2,1-3H3,(H,20,21);2H,1H3. The first-order valence-corrected chi connectivity index (χ1v) is 16.3. The second kappa shape index (κ2) is 17.2. The number of carbonyl (C=O) groups excluding carboxylic acids is 3. The minimum Gasteiger partial charge on any atom is -0.481 e. The van der Waals surface area contributed by atoms with Gasteiger partial charge in [0.05, 0.1) is 18.4 Å². The molecule has 0 spiro atoms. The number of ketones is 2. The molecule has 0 amide bonds. The van der Waals surface area contributed by atoms with Crippen LogP contribution in [-0.2, 0) is 40.0 Å². The molecule has 242 valence electrons. The van der Waals surface area contributed by atoms with Gasteiger partial charge in [-0.1, -0.05) is 71.0 Å². The number of fused-ring (bicyclic) bond motifs is 2. The van der Waals surface area contributed by atoms with Gasteiger partial charge in [-0.2, -0.15) is 0 Å². The van der Waals surface area contributed by atoms with Crippen molar-refractivity contribution in [2.24, 2.45) is 23.2 Å². The van der Waals surface area contributed by atoms with Gasteiger partial charge in [0, 0.05) is 29.6 Å². The number of esters is 1. The van der Waals surface area contributed by atoms with Crippen LogP contribution in [-0.4, -0.2) is 47.4 Å². The number of Topliss-reactive ketones (excluding diaryl/α,β-unsaturated/α-hetero) is 2. The lowest BCUT2D eigenvalue weighted by molar-refractivity contribution is -0.148. The number of carbonyl (C=O) groups is 4. The van der Waals surface area contributed by atoms with Crippen LogP contribution < -0.4 is 0 Å². The fourth-order valence-electron chi connectivity index (χ4n) is 6.55. The molecule has 2 aromatic rings. The molecule has 0 aromatic heterocycles. The van der Waals surface area contributed by atoms with Gasteiger partial charge < -0.3 is 14.9 Å². The molecule has 0 bridgehead atoms. The summed E-state index contributed by atoms with van der Waals surface area (Å²) in [6.07, 6.45) is 6.70. The number of hydrogen-bond donors (Lipinski definition) is 2. The van der Waals surface area contributed by atoms with E-state index in [2.05, 4.69) is 20.8 Å². The maximum absolute atomic E-state index is 12.7. The molecule has 3 unspecified atom stereocenters. The number of carboxylic acid groups (broad SMARTS) is 1. The van der Waals surface area contributed by atoms with Gasteiger partial charge in [0.1, 0.15) is 0 Å². The van der Waals surface area contributed by atoms with Crippen molar-refractivity contribution in [1.82, 2.24) is 0 Å². The summed E-state index contributed by atoms with van der Waals surface area (Å²) in [5.74, 6) is -0.752. The van der Waals surface area contributed by atoms with E-state index in [9.17, 15) is 24.3 Å². The van der Waals surface area contributed by atoms with Crippen molar-refractivity contribution in [3.05, 3.63) is 69.8 Å². The van der Waals surface area contributed by atoms with Crippen molar-refractivity contribution in [3.8, 4) is 0 Å². The van der Waals surface area contributed by atoms with Gasteiger partial charge in [-0.05, 0) is 87.0 Å². The number of ether oxygens (including phenoxy) is 1. The first kappa shape index (κ1) is 36.9. The summed E-state index contributed by atoms with van der Waals surface area (Å²) in [6.45, 7) is 12.3. The molecule has 44 heavy (non-hydrogen) atoms. The average Bonchev–Trinajstić information content (AvgIpc) is 3.53. The van der Waals surface area contributed by atoms with E-state index in [-0.39, 0.29) is 40.7 Å². The van der Waals surface area contributed by atoms with E-state index in [1.807, 2.05) is 57.2 Å².